The Kier molecular flexibility index (Phi) is 13.0. The van der Waals surface area contributed by atoms with E-state index in [1.165, 1.54) is 6.92 Å². The zero-order chi connectivity index (χ0) is 20.1. The molecule has 0 aromatic carbocycles. The smallest absolute Gasteiger partial charge is 0.343 e. The molecular formula is C13H29N3O7P2. The SMILES string of the molecule is CCC(C)(P(=O)(O)O)P(=O)(O)O.CCCNC(=O)CC.c1c[nH]cn1. The zero-order valence-electron chi connectivity index (χ0n) is 14.9. The van der Waals surface area contributed by atoms with E-state index in [9.17, 15) is 13.9 Å². The highest BCUT2D eigenvalue weighted by Crippen LogP contribution is 2.70. The second kappa shape index (κ2) is 12.4. The second-order valence-electron chi connectivity index (χ2n) is 5.12. The summed E-state index contributed by atoms with van der Waals surface area (Å²) in [6.07, 6.45) is 6.42. The number of aromatic amines is 1. The Morgan fingerprint density at radius 3 is 1.84 bits per heavy atom. The Morgan fingerprint density at radius 2 is 1.68 bits per heavy atom. The van der Waals surface area contributed by atoms with Crippen molar-refractivity contribution in [3.63, 3.8) is 0 Å². The number of amides is 1. The van der Waals surface area contributed by atoms with Gasteiger partial charge in [0, 0.05) is 25.4 Å². The van der Waals surface area contributed by atoms with Gasteiger partial charge in [-0.3, -0.25) is 13.9 Å². The van der Waals surface area contributed by atoms with Crippen LogP contribution in [0.25, 0.3) is 0 Å². The summed E-state index contributed by atoms with van der Waals surface area (Å²) in [6, 6.07) is 0. The van der Waals surface area contributed by atoms with Gasteiger partial charge >= 0.3 is 15.2 Å². The summed E-state index contributed by atoms with van der Waals surface area (Å²) in [5.41, 5.74) is 0. The van der Waals surface area contributed by atoms with E-state index in [2.05, 4.69) is 15.3 Å². The minimum atomic E-state index is -4.77. The molecule has 0 bridgehead atoms. The number of hydrogen-bond acceptors (Lipinski definition) is 4. The number of rotatable bonds is 6. The number of aromatic nitrogens is 2. The topological polar surface area (TPSA) is 173 Å². The number of carbonyl (C=O) groups is 1. The van der Waals surface area contributed by atoms with Gasteiger partial charge in [-0.1, -0.05) is 20.8 Å². The van der Waals surface area contributed by atoms with Crippen LogP contribution in [-0.4, -0.2) is 46.9 Å². The molecule has 0 aliphatic carbocycles. The minimum Gasteiger partial charge on any atom is -0.356 e. The van der Waals surface area contributed by atoms with Crippen LogP contribution in [0.3, 0.4) is 0 Å². The first-order valence-electron chi connectivity index (χ1n) is 7.68. The molecule has 6 N–H and O–H groups in total. The summed E-state index contributed by atoms with van der Waals surface area (Å²) >= 11 is 0. The van der Waals surface area contributed by atoms with Crippen molar-refractivity contribution in [2.45, 2.75) is 51.9 Å². The highest BCUT2D eigenvalue weighted by Gasteiger charge is 2.54. The molecule has 0 spiro atoms. The number of H-pyrrole nitrogens is 1. The Hall–Kier alpha value is -1.02. The minimum absolute atomic E-state index is 0.145. The van der Waals surface area contributed by atoms with E-state index in [1.54, 1.807) is 18.7 Å². The van der Waals surface area contributed by atoms with Crippen molar-refractivity contribution in [1.29, 1.82) is 0 Å². The summed E-state index contributed by atoms with van der Waals surface area (Å²) in [5, 5.41) is 2.74. The largest absolute Gasteiger partial charge is 0.356 e. The Labute approximate surface area is 147 Å². The molecule has 1 aromatic heterocycles. The molecule has 1 amide bonds. The van der Waals surface area contributed by atoms with Gasteiger partial charge in [0.05, 0.1) is 6.33 Å². The fraction of sp³-hybridized carbons (Fsp3) is 0.692. The molecule has 1 aromatic rings. The predicted octanol–water partition coefficient (Wildman–Crippen LogP) is 1.80. The lowest BCUT2D eigenvalue weighted by Gasteiger charge is -2.29. The van der Waals surface area contributed by atoms with Crippen molar-refractivity contribution in [2.75, 3.05) is 6.54 Å². The van der Waals surface area contributed by atoms with Crippen LogP contribution in [0.1, 0.15) is 47.0 Å². The van der Waals surface area contributed by atoms with Crippen molar-refractivity contribution in [3.8, 4) is 0 Å². The molecule has 0 aliphatic rings. The van der Waals surface area contributed by atoms with Crippen LogP contribution in [-0.2, 0) is 13.9 Å². The average Bonchev–Trinajstić information content (AvgIpc) is 3.09. The molecule has 0 fully saturated rings. The number of hydrogen-bond donors (Lipinski definition) is 6. The molecule has 25 heavy (non-hydrogen) atoms. The van der Waals surface area contributed by atoms with E-state index in [0.29, 0.717) is 6.42 Å². The van der Waals surface area contributed by atoms with Gasteiger partial charge in [0.15, 0.2) is 4.90 Å². The molecule has 0 saturated carbocycles. The number of imidazole rings is 1. The second-order valence-corrected chi connectivity index (χ2v) is 9.63. The van der Waals surface area contributed by atoms with Gasteiger partial charge in [-0.2, -0.15) is 0 Å². The van der Waals surface area contributed by atoms with E-state index in [4.69, 9.17) is 19.6 Å². The average molecular weight is 401 g/mol. The first-order valence-corrected chi connectivity index (χ1v) is 10.9. The molecule has 0 aliphatic heterocycles. The summed E-state index contributed by atoms with van der Waals surface area (Å²) < 4.78 is 21.5. The van der Waals surface area contributed by atoms with Gasteiger partial charge in [0.1, 0.15) is 0 Å². The molecule has 0 saturated heterocycles. The Morgan fingerprint density at radius 1 is 1.16 bits per heavy atom. The van der Waals surface area contributed by atoms with Crippen LogP contribution in [0.5, 0.6) is 0 Å². The van der Waals surface area contributed by atoms with Crippen LogP contribution < -0.4 is 5.32 Å². The quantitative estimate of drug-likeness (QED) is 0.391. The van der Waals surface area contributed by atoms with Crippen molar-refractivity contribution in [1.82, 2.24) is 15.3 Å². The van der Waals surface area contributed by atoms with Crippen LogP contribution in [0, 0.1) is 0 Å². The maximum Gasteiger partial charge on any atom is 0.343 e. The molecule has 1 rings (SSSR count). The third-order valence-electron chi connectivity index (χ3n) is 3.22. The van der Waals surface area contributed by atoms with E-state index < -0.39 is 20.1 Å². The Bertz CT molecular complexity index is 515. The molecule has 0 radical (unpaired) electrons. The molecule has 0 atom stereocenters. The van der Waals surface area contributed by atoms with Crippen LogP contribution in [0.15, 0.2) is 18.7 Å². The summed E-state index contributed by atoms with van der Waals surface area (Å²) in [4.78, 5) is 49.4. The third kappa shape index (κ3) is 10.5. The predicted molar refractivity (Wildman–Crippen MR) is 95.0 cm³/mol. The lowest BCUT2D eigenvalue weighted by molar-refractivity contribution is -0.120. The van der Waals surface area contributed by atoms with Crippen LogP contribution >= 0.6 is 15.2 Å². The molecule has 12 heteroatoms. The van der Waals surface area contributed by atoms with Gasteiger partial charge in [0.2, 0.25) is 5.91 Å². The van der Waals surface area contributed by atoms with Crippen LogP contribution in [0.2, 0.25) is 0 Å². The fourth-order valence-electron chi connectivity index (χ4n) is 1.19. The molecule has 10 nitrogen and oxygen atoms in total. The molecule has 148 valence electrons. The molecule has 1 heterocycles. The third-order valence-corrected chi connectivity index (χ3v) is 7.93. The van der Waals surface area contributed by atoms with Gasteiger partial charge in [-0.25, -0.2) is 4.98 Å². The first kappa shape index (κ1) is 26.2. The number of nitrogens with one attached hydrogen (secondary N) is 2. The van der Waals surface area contributed by atoms with Gasteiger partial charge < -0.3 is 29.9 Å². The summed E-state index contributed by atoms with van der Waals surface area (Å²) in [6.45, 7) is 6.90. The van der Waals surface area contributed by atoms with Gasteiger partial charge in [0.25, 0.3) is 0 Å². The highest BCUT2D eigenvalue weighted by molar-refractivity contribution is 7.72. The molecule has 0 unspecified atom stereocenters. The van der Waals surface area contributed by atoms with E-state index >= 15 is 0 Å². The van der Waals surface area contributed by atoms with E-state index in [-0.39, 0.29) is 12.3 Å². The van der Waals surface area contributed by atoms with Crippen molar-refractivity contribution in [3.05, 3.63) is 18.7 Å². The lowest BCUT2D eigenvalue weighted by Crippen LogP contribution is -2.23. The number of nitrogens with zero attached hydrogens (tertiary/aromatic N) is 1. The van der Waals surface area contributed by atoms with Crippen molar-refractivity contribution >= 4 is 21.1 Å². The monoisotopic (exact) mass is 401 g/mol. The molecular weight excluding hydrogens is 372 g/mol. The van der Waals surface area contributed by atoms with Gasteiger partial charge in [-0.05, 0) is 19.8 Å². The lowest BCUT2D eigenvalue weighted by atomic mass is 10.4. The maximum absolute atomic E-state index is 10.7. The van der Waals surface area contributed by atoms with Crippen LogP contribution in [0.4, 0.5) is 0 Å². The van der Waals surface area contributed by atoms with Gasteiger partial charge in [-0.15, -0.1) is 0 Å². The van der Waals surface area contributed by atoms with E-state index in [1.807, 2.05) is 13.8 Å². The summed E-state index contributed by atoms with van der Waals surface area (Å²) in [5.74, 6) is 0.145. The maximum atomic E-state index is 10.7. The first-order chi connectivity index (χ1) is 11.4. The zero-order valence-corrected chi connectivity index (χ0v) is 16.7. The standard InChI is InChI=1S/C6H13NO.C4H12O6P2.C3H4N2/c1-3-5-7-6(8)4-2;1-3-4(2,11(5,6)7)12(8,9)10;1-2-5-3-4-1/h3-5H2,1-2H3,(H,7,8);3H2,1-2H3,(H2,5,6,7)(H2,8,9,10);1-3H,(H,4,5). The summed E-state index contributed by atoms with van der Waals surface area (Å²) in [7, 11) is -9.54. The fourth-order valence-corrected chi connectivity index (χ4v) is 3.37. The number of carbonyl (C=O) groups excluding carboxylic acids is 1. The van der Waals surface area contributed by atoms with E-state index in [0.717, 1.165) is 19.9 Å². The van der Waals surface area contributed by atoms with Crippen molar-refractivity contribution in [2.24, 2.45) is 0 Å². The van der Waals surface area contributed by atoms with Crippen molar-refractivity contribution < 1.29 is 33.5 Å². The highest BCUT2D eigenvalue weighted by atomic mass is 31.2. The normalized spacial score (nSPS) is 11.5. The Balaban J connectivity index is 0.